The summed E-state index contributed by atoms with van der Waals surface area (Å²) in [4.78, 5) is 22.4. The highest BCUT2D eigenvalue weighted by Gasteiger charge is 2.29. The first-order chi connectivity index (χ1) is 8.41. The summed E-state index contributed by atoms with van der Waals surface area (Å²) >= 11 is 0. The number of rotatable bonds is 3. The molecule has 0 fully saturated rings. The van der Waals surface area contributed by atoms with Crippen LogP contribution >= 0.6 is 0 Å². The van der Waals surface area contributed by atoms with Gasteiger partial charge in [0.05, 0.1) is 0 Å². The minimum absolute atomic E-state index is 0.169. The van der Waals surface area contributed by atoms with Gasteiger partial charge in [0.2, 0.25) is 0 Å². The van der Waals surface area contributed by atoms with Crippen molar-refractivity contribution in [2.45, 2.75) is 33.1 Å². The Balaban J connectivity index is 2.46. The Morgan fingerprint density at radius 1 is 1.44 bits per heavy atom. The maximum Gasteiger partial charge on any atom is 0.341 e. The average Bonchev–Trinajstić information content (AvgIpc) is 2.57. The Morgan fingerprint density at radius 2 is 2.11 bits per heavy atom. The fourth-order valence-electron chi connectivity index (χ4n) is 2.45. The smallest absolute Gasteiger partial charge is 0.341 e. The van der Waals surface area contributed by atoms with Crippen molar-refractivity contribution in [3.8, 4) is 5.75 Å². The minimum atomic E-state index is -1.00. The summed E-state index contributed by atoms with van der Waals surface area (Å²) in [5.74, 6) is -0.0891. The highest BCUT2D eigenvalue weighted by atomic mass is 16.5. The van der Waals surface area contributed by atoms with E-state index < -0.39 is 5.97 Å². The van der Waals surface area contributed by atoms with E-state index in [4.69, 9.17) is 9.84 Å². The van der Waals surface area contributed by atoms with Crippen molar-refractivity contribution in [3.05, 3.63) is 28.3 Å². The molecular formula is C14H16O4. The standard InChI is InChI=1S/C14H16O4/c1-7-4-11(15)14-9(3)8(2)12(5-10(7)14)18-6-13(16)17/h5,7H,4,6H2,1-3H3,(H,16,17)/t7-/m0/s1. The first kappa shape index (κ1) is 12.6. The summed E-state index contributed by atoms with van der Waals surface area (Å²) in [6.45, 7) is 5.38. The maximum atomic E-state index is 11.9. The van der Waals surface area contributed by atoms with Crippen molar-refractivity contribution in [2.75, 3.05) is 6.61 Å². The van der Waals surface area contributed by atoms with Crippen LogP contribution in [0.4, 0.5) is 0 Å². The molecule has 0 aromatic heterocycles. The molecule has 4 nitrogen and oxygen atoms in total. The van der Waals surface area contributed by atoms with Crippen LogP contribution in [-0.4, -0.2) is 23.5 Å². The van der Waals surface area contributed by atoms with Crippen LogP contribution in [0.5, 0.6) is 5.75 Å². The van der Waals surface area contributed by atoms with E-state index in [0.29, 0.717) is 12.2 Å². The Kier molecular flexibility index (Phi) is 3.11. The molecule has 1 aliphatic carbocycles. The molecule has 1 atom stereocenters. The number of ketones is 1. The molecule has 96 valence electrons. The second kappa shape index (κ2) is 4.44. The van der Waals surface area contributed by atoms with E-state index in [2.05, 4.69) is 0 Å². The van der Waals surface area contributed by atoms with Gasteiger partial charge in [0.25, 0.3) is 0 Å². The van der Waals surface area contributed by atoms with Gasteiger partial charge >= 0.3 is 5.97 Å². The third-order valence-corrected chi connectivity index (χ3v) is 3.53. The van der Waals surface area contributed by atoms with E-state index >= 15 is 0 Å². The maximum absolute atomic E-state index is 11.9. The van der Waals surface area contributed by atoms with Crippen molar-refractivity contribution < 1.29 is 19.4 Å². The van der Waals surface area contributed by atoms with Gasteiger partial charge < -0.3 is 9.84 Å². The van der Waals surface area contributed by atoms with E-state index in [1.54, 1.807) is 0 Å². The summed E-state index contributed by atoms with van der Waals surface area (Å²) in [6.07, 6.45) is 0.526. The van der Waals surface area contributed by atoms with Gasteiger partial charge in [-0.3, -0.25) is 4.79 Å². The first-order valence-corrected chi connectivity index (χ1v) is 5.93. The topological polar surface area (TPSA) is 63.6 Å². The number of ether oxygens (including phenoxy) is 1. The number of carbonyl (C=O) groups is 2. The Hall–Kier alpha value is -1.84. The van der Waals surface area contributed by atoms with E-state index in [9.17, 15) is 9.59 Å². The molecule has 18 heavy (non-hydrogen) atoms. The van der Waals surface area contributed by atoms with Crippen LogP contribution in [0.25, 0.3) is 0 Å². The van der Waals surface area contributed by atoms with Crippen molar-refractivity contribution in [2.24, 2.45) is 0 Å². The molecule has 0 unspecified atom stereocenters. The van der Waals surface area contributed by atoms with Crippen molar-refractivity contribution in [1.82, 2.24) is 0 Å². The normalized spacial score (nSPS) is 17.7. The second-order valence-electron chi connectivity index (χ2n) is 4.80. The van der Waals surface area contributed by atoms with Gasteiger partial charge in [0.1, 0.15) is 5.75 Å². The lowest BCUT2D eigenvalue weighted by Crippen LogP contribution is -2.11. The van der Waals surface area contributed by atoms with Crippen molar-refractivity contribution >= 4 is 11.8 Å². The van der Waals surface area contributed by atoms with E-state index in [0.717, 1.165) is 22.3 Å². The SMILES string of the molecule is Cc1c(OCC(=O)O)cc2c(c1C)C(=O)C[C@@H]2C. The number of aliphatic carboxylic acids is 1. The molecule has 1 aromatic rings. The lowest BCUT2D eigenvalue weighted by Gasteiger charge is -2.14. The van der Waals surface area contributed by atoms with Crippen LogP contribution in [-0.2, 0) is 4.79 Å². The minimum Gasteiger partial charge on any atom is -0.482 e. The quantitative estimate of drug-likeness (QED) is 0.892. The molecule has 0 saturated carbocycles. The average molecular weight is 248 g/mol. The fourth-order valence-corrected chi connectivity index (χ4v) is 2.45. The summed E-state index contributed by atoms with van der Waals surface area (Å²) in [7, 11) is 0. The lowest BCUT2D eigenvalue weighted by atomic mass is 9.96. The largest absolute Gasteiger partial charge is 0.482 e. The van der Waals surface area contributed by atoms with Crippen molar-refractivity contribution in [1.29, 1.82) is 0 Å². The molecule has 0 radical (unpaired) electrons. The lowest BCUT2D eigenvalue weighted by molar-refractivity contribution is -0.139. The highest BCUT2D eigenvalue weighted by molar-refractivity contribution is 6.03. The highest BCUT2D eigenvalue weighted by Crippen LogP contribution is 2.39. The predicted molar refractivity (Wildman–Crippen MR) is 66.4 cm³/mol. The monoisotopic (exact) mass is 248 g/mol. The van der Waals surface area contributed by atoms with Gasteiger partial charge in [-0.05, 0) is 42.5 Å². The number of Topliss-reactive ketones (excluding diaryl/α,β-unsaturated/α-hetero) is 1. The second-order valence-corrected chi connectivity index (χ2v) is 4.80. The zero-order valence-corrected chi connectivity index (χ0v) is 10.7. The van der Waals surface area contributed by atoms with Crippen LogP contribution < -0.4 is 4.74 Å². The molecular weight excluding hydrogens is 232 g/mol. The fraction of sp³-hybridized carbons (Fsp3) is 0.429. The molecule has 0 amide bonds. The molecule has 1 N–H and O–H groups in total. The van der Waals surface area contributed by atoms with Crippen LogP contribution in [0.3, 0.4) is 0 Å². The summed E-state index contributed by atoms with van der Waals surface area (Å²) in [5.41, 5.74) is 3.52. The zero-order valence-electron chi connectivity index (χ0n) is 10.7. The van der Waals surface area contributed by atoms with Crippen LogP contribution in [0.15, 0.2) is 6.07 Å². The molecule has 2 rings (SSSR count). The molecule has 0 heterocycles. The Morgan fingerprint density at radius 3 is 2.72 bits per heavy atom. The van der Waals surface area contributed by atoms with E-state index in [-0.39, 0.29) is 18.3 Å². The van der Waals surface area contributed by atoms with E-state index in [1.165, 1.54) is 0 Å². The van der Waals surface area contributed by atoms with Crippen LogP contribution in [0, 0.1) is 13.8 Å². The molecule has 0 bridgehead atoms. The van der Waals surface area contributed by atoms with Crippen LogP contribution in [0.2, 0.25) is 0 Å². The third-order valence-electron chi connectivity index (χ3n) is 3.53. The van der Waals surface area contributed by atoms with Gasteiger partial charge in [-0.15, -0.1) is 0 Å². The molecule has 1 aromatic carbocycles. The molecule has 1 aliphatic rings. The van der Waals surface area contributed by atoms with Gasteiger partial charge in [0.15, 0.2) is 12.4 Å². The number of fused-ring (bicyclic) bond motifs is 1. The number of benzene rings is 1. The summed E-state index contributed by atoms with van der Waals surface area (Å²) < 4.78 is 5.28. The van der Waals surface area contributed by atoms with Gasteiger partial charge in [-0.1, -0.05) is 6.92 Å². The molecule has 0 saturated heterocycles. The predicted octanol–water partition coefficient (Wildman–Crippen LogP) is 2.46. The Labute approximate surface area is 106 Å². The number of carbonyl (C=O) groups excluding carboxylic acids is 1. The molecule has 4 heteroatoms. The van der Waals surface area contributed by atoms with Gasteiger partial charge in [-0.2, -0.15) is 0 Å². The summed E-state index contributed by atoms with van der Waals surface area (Å²) in [6, 6.07) is 1.82. The number of carboxylic acids is 1. The molecule has 0 spiro atoms. The number of hydrogen-bond acceptors (Lipinski definition) is 3. The van der Waals surface area contributed by atoms with Crippen molar-refractivity contribution in [3.63, 3.8) is 0 Å². The van der Waals surface area contributed by atoms with Gasteiger partial charge in [0, 0.05) is 12.0 Å². The number of carboxylic acid groups (broad SMARTS) is 1. The Bertz CT molecular complexity index is 531. The third kappa shape index (κ3) is 1.98. The zero-order chi connectivity index (χ0) is 13.4. The molecule has 0 aliphatic heterocycles. The summed E-state index contributed by atoms with van der Waals surface area (Å²) in [5, 5.41) is 8.64. The first-order valence-electron chi connectivity index (χ1n) is 5.93. The van der Waals surface area contributed by atoms with Gasteiger partial charge in [-0.25, -0.2) is 4.79 Å². The van der Waals surface area contributed by atoms with Crippen LogP contribution in [0.1, 0.15) is 46.3 Å². The van der Waals surface area contributed by atoms with E-state index in [1.807, 2.05) is 26.8 Å². The number of hydrogen-bond donors (Lipinski definition) is 1.